The van der Waals surface area contributed by atoms with Crippen LogP contribution in [0.1, 0.15) is 32.3 Å². The maximum Gasteiger partial charge on any atom is 0.311 e. The highest BCUT2D eigenvalue weighted by molar-refractivity contribution is 5.75. The second kappa shape index (κ2) is 5.22. The van der Waals surface area contributed by atoms with Crippen molar-refractivity contribution in [2.24, 2.45) is 5.41 Å². The Morgan fingerprint density at radius 1 is 1.44 bits per heavy atom. The van der Waals surface area contributed by atoms with Crippen LogP contribution in [0, 0.1) is 5.41 Å². The van der Waals surface area contributed by atoms with Crippen molar-refractivity contribution in [2.45, 2.75) is 34.0 Å². The number of rotatable bonds is 3. The van der Waals surface area contributed by atoms with Gasteiger partial charge in [-0.3, -0.25) is 9.59 Å². The third-order valence-electron chi connectivity index (χ3n) is 2.15. The number of esters is 1. The molecule has 0 saturated carbocycles. The summed E-state index contributed by atoms with van der Waals surface area (Å²) >= 11 is 0. The topological polar surface area (TPSA) is 97.0 Å². The van der Waals surface area contributed by atoms with Gasteiger partial charge in [0.15, 0.2) is 5.76 Å². The number of hydrogen-bond acceptors (Lipinski definition) is 6. The van der Waals surface area contributed by atoms with Crippen molar-refractivity contribution >= 4 is 5.97 Å². The molecule has 2 N–H and O–H groups in total. The van der Waals surface area contributed by atoms with E-state index in [1.54, 1.807) is 20.8 Å². The molecule has 6 heteroatoms. The number of hydrogen-bond donors (Lipinski definition) is 2. The quantitative estimate of drug-likeness (QED) is 0.781. The Kier molecular flexibility index (Phi) is 4.13. The van der Waals surface area contributed by atoms with Crippen molar-refractivity contribution in [3.8, 4) is 5.75 Å². The van der Waals surface area contributed by atoms with E-state index in [1.165, 1.54) is 0 Å². The number of aliphatic hydroxyl groups excluding tert-OH is 1. The van der Waals surface area contributed by atoms with E-state index < -0.39 is 29.2 Å². The molecule has 0 amide bonds. The molecule has 0 bridgehead atoms. The molecule has 1 aromatic rings. The minimum atomic E-state index is -0.688. The van der Waals surface area contributed by atoms with Gasteiger partial charge in [0.05, 0.1) is 5.41 Å². The van der Waals surface area contributed by atoms with Crippen LogP contribution in [0.25, 0.3) is 0 Å². The van der Waals surface area contributed by atoms with Gasteiger partial charge < -0.3 is 19.4 Å². The summed E-state index contributed by atoms with van der Waals surface area (Å²) in [6.45, 7) is 4.26. The van der Waals surface area contributed by atoms with Gasteiger partial charge in [0.1, 0.15) is 19.0 Å². The Labute approximate surface area is 104 Å². The Hall–Kier alpha value is -1.82. The molecule has 100 valence electrons. The summed E-state index contributed by atoms with van der Waals surface area (Å²) in [6.07, 6.45) is 0. The molecule has 1 aromatic heterocycles. The SMILES string of the molecule is CC(C)(C)C(=O)OCc1cc(=O)c(O)c(CO)o1. The molecule has 0 radical (unpaired) electrons. The lowest BCUT2D eigenvalue weighted by molar-refractivity contribution is -0.154. The summed E-state index contributed by atoms with van der Waals surface area (Å²) in [5, 5.41) is 18.1. The summed E-state index contributed by atoms with van der Waals surface area (Å²) in [5.74, 6) is -1.25. The molecule has 0 unspecified atom stereocenters. The highest BCUT2D eigenvalue weighted by atomic mass is 16.5. The maximum atomic E-state index is 11.5. The van der Waals surface area contributed by atoms with Gasteiger partial charge >= 0.3 is 5.97 Å². The zero-order chi connectivity index (χ0) is 13.9. The summed E-state index contributed by atoms with van der Waals surface area (Å²) in [4.78, 5) is 22.8. The van der Waals surface area contributed by atoms with Crippen molar-refractivity contribution in [1.82, 2.24) is 0 Å². The van der Waals surface area contributed by atoms with Gasteiger partial charge in [0.25, 0.3) is 0 Å². The van der Waals surface area contributed by atoms with Crippen molar-refractivity contribution in [1.29, 1.82) is 0 Å². The Bertz CT molecular complexity index is 494. The molecule has 18 heavy (non-hydrogen) atoms. The molecular formula is C12H16O6. The normalized spacial score (nSPS) is 11.3. The zero-order valence-electron chi connectivity index (χ0n) is 10.5. The Balaban J connectivity index is 2.84. The van der Waals surface area contributed by atoms with Gasteiger partial charge in [-0.25, -0.2) is 0 Å². The predicted octanol–water partition coefficient (Wildman–Crippen LogP) is 0.927. The number of carbonyl (C=O) groups is 1. The third-order valence-corrected chi connectivity index (χ3v) is 2.15. The van der Waals surface area contributed by atoms with E-state index in [0.717, 1.165) is 6.07 Å². The lowest BCUT2D eigenvalue weighted by atomic mass is 9.97. The molecule has 0 fully saturated rings. The van der Waals surface area contributed by atoms with Crippen LogP contribution in [-0.4, -0.2) is 16.2 Å². The number of aliphatic hydroxyl groups is 1. The maximum absolute atomic E-state index is 11.5. The average Bonchev–Trinajstić information content (AvgIpc) is 2.28. The van der Waals surface area contributed by atoms with E-state index >= 15 is 0 Å². The van der Waals surface area contributed by atoms with E-state index in [0.29, 0.717) is 0 Å². The first-order valence-electron chi connectivity index (χ1n) is 5.38. The van der Waals surface area contributed by atoms with Gasteiger partial charge in [-0.2, -0.15) is 0 Å². The minimum absolute atomic E-state index is 0.0689. The molecule has 0 spiro atoms. The monoisotopic (exact) mass is 256 g/mol. The van der Waals surface area contributed by atoms with Crippen LogP contribution >= 0.6 is 0 Å². The van der Waals surface area contributed by atoms with Crippen molar-refractivity contribution in [2.75, 3.05) is 0 Å². The molecule has 6 nitrogen and oxygen atoms in total. The number of aromatic hydroxyl groups is 1. The second-order valence-electron chi connectivity index (χ2n) is 4.83. The molecular weight excluding hydrogens is 240 g/mol. The largest absolute Gasteiger partial charge is 0.502 e. The van der Waals surface area contributed by atoms with Crippen LogP contribution in [0.2, 0.25) is 0 Å². The fourth-order valence-electron chi connectivity index (χ4n) is 1.12. The van der Waals surface area contributed by atoms with Gasteiger partial charge in [-0.15, -0.1) is 0 Å². The van der Waals surface area contributed by atoms with E-state index in [9.17, 15) is 14.7 Å². The third kappa shape index (κ3) is 3.33. The first-order valence-corrected chi connectivity index (χ1v) is 5.38. The Morgan fingerprint density at radius 3 is 2.56 bits per heavy atom. The predicted molar refractivity (Wildman–Crippen MR) is 61.8 cm³/mol. The smallest absolute Gasteiger partial charge is 0.311 e. The highest BCUT2D eigenvalue weighted by Crippen LogP contribution is 2.18. The molecule has 1 heterocycles. The molecule has 1 rings (SSSR count). The average molecular weight is 256 g/mol. The molecule has 0 atom stereocenters. The van der Waals surface area contributed by atoms with Crippen LogP contribution in [0.3, 0.4) is 0 Å². The van der Waals surface area contributed by atoms with E-state index in [2.05, 4.69) is 0 Å². The van der Waals surface area contributed by atoms with E-state index in [-0.39, 0.29) is 18.1 Å². The molecule has 0 aliphatic carbocycles. The fraction of sp³-hybridized carbons (Fsp3) is 0.500. The van der Waals surface area contributed by atoms with Crippen LogP contribution in [0.15, 0.2) is 15.3 Å². The van der Waals surface area contributed by atoms with Crippen LogP contribution in [-0.2, 0) is 22.7 Å². The van der Waals surface area contributed by atoms with Crippen LogP contribution < -0.4 is 5.43 Å². The first-order chi connectivity index (χ1) is 8.25. The Morgan fingerprint density at radius 2 is 2.06 bits per heavy atom. The first kappa shape index (κ1) is 14.2. The van der Waals surface area contributed by atoms with E-state index in [4.69, 9.17) is 14.3 Å². The molecule has 0 saturated heterocycles. The summed E-state index contributed by atoms with van der Waals surface area (Å²) in [6, 6.07) is 1.02. The highest BCUT2D eigenvalue weighted by Gasteiger charge is 2.23. The molecule has 0 aliphatic heterocycles. The van der Waals surface area contributed by atoms with Crippen molar-refractivity contribution < 1.29 is 24.2 Å². The number of ether oxygens (including phenoxy) is 1. The fourth-order valence-corrected chi connectivity index (χ4v) is 1.12. The van der Waals surface area contributed by atoms with E-state index in [1.807, 2.05) is 0 Å². The molecule has 0 aromatic carbocycles. The molecule has 0 aliphatic rings. The van der Waals surface area contributed by atoms with Crippen LogP contribution in [0.5, 0.6) is 5.75 Å². The van der Waals surface area contributed by atoms with Gasteiger partial charge in [0.2, 0.25) is 11.2 Å². The van der Waals surface area contributed by atoms with Crippen molar-refractivity contribution in [3.63, 3.8) is 0 Å². The minimum Gasteiger partial charge on any atom is -0.502 e. The summed E-state index contributed by atoms with van der Waals surface area (Å²) in [5.41, 5.74) is -1.34. The number of carbonyl (C=O) groups excluding carboxylic acids is 1. The summed E-state index contributed by atoms with van der Waals surface area (Å²) in [7, 11) is 0. The van der Waals surface area contributed by atoms with Crippen LogP contribution in [0.4, 0.5) is 0 Å². The van der Waals surface area contributed by atoms with Gasteiger partial charge in [0, 0.05) is 6.07 Å². The van der Waals surface area contributed by atoms with Crippen molar-refractivity contribution in [3.05, 3.63) is 27.8 Å². The zero-order valence-corrected chi connectivity index (χ0v) is 10.5. The standard InChI is InChI=1S/C12H16O6/c1-12(2,3)11(16)17-6-7-4-8(14)10(15)9(5-13)18-7/h4,13,15H,5-6H2,1-3H3. The lowest BCUT2D eigenvalue weighted by Crippen LogP contribution is -2.23. The second-order valence-corrected chi connectivity index (χ2v) is 4.83. The lowest BCUT2D eigenvalue weighted by Gasteiger charge is -2.16. The van der Waals surface area contributed by atoms with Gasteiger partial charge in [-0.1, -0.05) is 0 Å². The summed E-state index contributed by atoms with van der Waals surface area (Å²) < 4.78 is 9.98. The van der Waals surface area contributed by atoms with Gasteiger partial charge in [-0.05, 0) is 20.8 Å².